The summed E-state index contributed by atoms with van der Waals surface area (Å²) in [6, 6.07) is 8.15. The van der Waals surface area contributed by atoms with Crippen LogP contribution in [0.4, 0.5) is 0 Å². The lowest BCUT2D eigenvalue weighted by Gasteiger charge is -2.32. The molecule has 146 valence electrons. The molecule has 2 aromatic rings. The van der Waals surface area contributed by atoms with Crippen molar-refractivity contribution in [3.63, 3.8) is 0 Å². The van der Waals surface area contributed by atoms with Crippen LogP contribution in [0.1, 0.15) is 19.4 Å². The number of rotatable bonds is 8. The van der Waals surface area contributed by atoms with Crippen LogP contribution in [0.25, 0.3) is 0 Å². The molecule has 0 spiro atoms. The first kappa shape index (κ1) is 20.8. The smallest absolute Gasteiger partial charge is 0.262 e. The van der Waals surface area contributed by atoms with Crippen molar-refractivity contribution in [1.29, 1.82) is 0 Å². The van der Waals surface area contributed by atoms with E-state index in [1.807, 2.05) is 0 Å². The number of nitrogens with zero attached hydrogens (tertiary/aromatic N) is 2. The van der Waals surface area contributed by atoms with Crippen molar-refractivity contribution in [2.24, 2.45) is 5.92 Å². The van der Waals surface area contributed by atoms with Gasteiger partial charge in [-0.2, -0.15) is 4.31 Å². The lowest BCUT2D eigenvalue weighted by atomic mass is 10.0. The summed E-state index contributed by atoms with van der Waals surface area (Å²) in [6.07, 6.45) is 3.09. The van der Waals surface area contributed by atoms with Crippen LogP contribution >= 0.6 is 0 Å². The lowest BCUT2D eigenvalue weighted by molar-refractivity contribution is -0.134. The van der Waals surface area contributed by atoms with Crippen LogP contribution in [0.15, 0.2) is 53.7 Å². The van der Waals surface area contributed by atoms with Gasteiger partial charge in [0.1, 0.15) is 11.8 Å². The van der Waals surface area contributed by atoms with Gasteiger partial charge in [-0.15, -0.1) is 0 Å². The maximum absolute atomic E-state index is 13.3. The third-order valence-corrected chi connectivity index (χ3v) is 5.92. The van der Waals surface area contributed by atoms with Crippen molar-refractivity contribution in [3.8, 4) is 5.75 Å². The first-order valence-electron chi connectivity index (χ1n) is 8.30. The van der Waals surface area contributed by atoms with E-state index < -0.39 is 22.0 Å². The van der Waals surface area contributed by atoms with E-state index in [9.17, 15) is 13.2 Å². The number of ether oxygens (including phenoxy) is 1. The van der Waals surface area contributed by atoms with E-state index in [0.717, 1.165) is 4.31 Å². The Morgan fingerprint density at radius 2 is 1.78 bits per heavy atom. The Labute approximate surface area is 158 Å². The highest BCUT2D eigenvalue weighted by Gasteiger charge is 2.38. The molecule has 1 atom stereocenters. The Kier molecular flexibility index (Phi) is 6.89. The third kappa shape index (κ3) is 4.82. The molecule has 2 rings (SSSR count). The maximum atomic E-state index is 13.3. The van der Waals surface area contributed by atoms with Crippen LogP contribution in [0, 0.1) is 5.92 Å². The molecule has 0 fully saturated rings. The summed E-state index contributed by atoms with van der Waals surface area (Å²) < 4.78 is 32.8. The number of amides is 1. The predicted octanol–water partition coefficient (Wildman–Crippen LogP) is 1.81. The normalized spacial score (nSPS) is 12.8. The zero-order valence-electron chi connectivity index (χ0n) is 15.4. The van der Waals surface area contributed by atoms with Gasteiger partial charge in [-0.25, -0.2) is 13.9 Å². The maximum Gasteiger partial charge on any atom is 0.262 e. The Morgan fingerprint density at radius 3 is 2.26 bits per heavy atom. The van der Waals surface area contributed by atoms with Gasteiger partial charge < -0.3 is 4.74 Å². The molecule has 0 saturated carbocycles. The number of benzene rings is 1. The van der Waals surface area contributed by atoms with E-state index in [0.29, 0.717) is 11.3 Å². The summed E-state index contributed by atoms with van der Waals surface area (Å²) in [5.74, 6) is -0.661. The second-order valence-electron chi connectivity index (χ2n) is 6.25. The summed E-state index contributed by atoms with van der Waals surface area (Å²) >= 11 is 0. The molecule has 1 aromatic carbocycles. The number of methoxy groups -OCH3 is 1. The predicted molar refractivity (Wildman–Crippen MR) is 98.5 cm³/mol. The Hall–Kier alpha value is -2.49. The molecule has 0 saturated heterocycles. The molecule has 0 unspecified atom stereocenters. The lowest BCUT2D eigenvalue weighted by Crippen LogP contribution is -2.51. The quantitative estimate of drug-likeness (QED) is 0.523. The number of hydrogen-bond donors (Lipinski definition) is 2. The number of hydroxylamine groups is 1. The van der Waals surface area contributed by atoms with Crippen LogP contribution in [0.3, 0.4) is 0 Å². The molecule has 9 heteroatoms. The fourth-order valence-corrected chi connectivity index (χ4v) is 4.42. The SMILES string of the molecule is COc1ccc(S(=O)(=O)N(Cc2ccncc2)[C@@H](C(=O)NO)C(C)C)cc1. The fourth-order valence-electron chi connectivity index (χ4n) is 2.72. The number of hydrogen-bond acceptors (Lipinski definition) is 6. The standard InChI is InChI=1S/C18H23N3O5S/c1-13(2)17(18(22)20-23)21(12-14-8-10-19-11-9-14)27(24,25)16-6-4-15(26-3)5-7-16/h4-11,13,17,23H,12H2,1-3H3,(H,20,22)/t17-/m1/s1. The first-order valence-corrected chi connectivity index (χ1v) is 9.74. The number of pyridine rings is 1. The molecule has 0 radical (unpaired) electrons. The van der Waals surface area contributed by atoms with Crippen LogP contribution in [0.2, 0.25) is 0 Å². The van der Waals surface area contributed by atoms with Crippen molar-refractivity contribution < 1.29 is 23.2 Å². The van der Waals surface area contributed by atoms with Gasteiger partial charge in [0.25, 0.3) is 5.91 Å². The van der Waals surface area contributed by atoms with Crippen LogP contribution in [-0.2, 0) is 21.4 Å². The highest BCUT2D eigenvalue weighted by atomic mass is 32.2. The Bertz CT molecular complexity index is 854. The molecule has 1 amide bonds. The fraction of sp³-hybridized carbons (Fsp3) is 0.333. The molecule has 27 heavy (non-hydrogen) atoms. The van der Waals surface area contributed by atoms with Gasteiger partial charge in [0.15, 0.2) is 0 Å². The largest absolute Gasteiger partial charge is 0.497 e. The van der Waals surface area contributed by atoms with Crippen molar-refractivity contribution >= 4 is 15.9 Å². The molecule has 1 aromatic heterocycles. The molecular formula is C18H23N3O5S. The number of carbonyl (C=O) groups is 1. The second kappa shape index (κ2) is 8.94. The number of aromatic nitrogens is 1. The van der Waals surface area contributed by atoms with Gasteiger partial charge in [0.2, 0.25) is 10.0 Å². The van der Waals surface area contributed by atoms with Crippen molar-refractivity contribution in [3.05, 3.63) is 54.4 Å². The molecule has 0 bridgehead atoms. The van der Waals surface area contributed by atoms with E-state index in [4.69, 9.17) is 9.94 Å². The molecular weight excluding hydrogens is 370 g/mol. The second-order valence-corrected chi connectivity index (χ2v) is 8.14. The van der Waals surface area contributed by atoms with Gasteiger partial charge in [0, 0.05) is 18.9 Å². The summed E-state index contributed by atoms with van der Waals surface area (Å²) in [5, 5.41) is 9.13. The average Bonchev–Trinajstić information content (AvgIpc) is 2.67. The first-order chi connectivity index (χ1) is 12.8. The highest BCUT2D eigenvalue weighted by Crippen LogP contribution is 2.26. The van der Waals surface area contributed by atoms with E-state index in [1.54, 1.807) is 43.9 Å². The van der Waals surface area contributed by atoms with Gasteiger partial charge in [-0.1, -0.05) is 13.8 Å². The van der Waals surface area contributed by atoms with Gasteiger partial charge in [-0.3, -0.25) is 15.0 Å². The molecule has 0 aliphatic heterocycles. The summed E-state index contributed by atoms with van der Waals surface area (Å²) in [5.41, 5.74) is 2.24. The summed E-state index contributed by atoms with van der Waals surface area (Å²) in [6.45, 7) is 3.37. The minimum absolute atomic E-state index is 0.0220. The monoisotopic (exact) mass is 393 g/mol. The minimum Gasteiger partial charge on any atom is -0.497 e. The van der Waals surface area contributed by atoms with Gasteiger partial charge in [-0.05, 0) is 47.9 Å². The average molecular weight is 393 g/mol. The molecule has 1 heterocycles. The van der Waals surface area contributed by atoms with E-state index in [-0.39, 0.29) is 17.4 Å². The van der Waals surface area contributed by atoms with Crippen molar-refractivity contribution in [2.45, 2.75) is 31.3 Å². The molecule has 8 nitrogen and oxygen atoms in total. The zero-order chi connectivity index (χ0) is 20.0. The minimum atomic E-state index is -4.04. The van der Waals surface area contributed by atoms with E-state index >= 15 is 0 Å². The van der Waals surface area contributed by atoms with Crippen LogP contribution < -0.4 is 10.2 Å². The number of sulfonamides is 1. The van der Waals surface area contributed by atoms with Gasteiger partial charge in [0.05, 0.1) is 12.0 Å². The molecule has 2 N–H and O–H groups in total. The molecule has 0 aliphatic rings. The Morgan fingerprint density at radius 1 is 1.19 bits per heavy atom. The van der Waals surface area contributed by atoms with Crippen molar-refractivity contribution in [2.75, 3.05) is 7.11 Å². The highest BCUT2D eigenvalue weighted by molar-refractivity contribution is 7.89. The van der Waals surface area contributed by atoms with Crippen molar-refractivity contribution in [1.82, 2.24) is 14.8 Å². The van der Waals surface area contributed by atoms with Crippen LogP contribution in [0.5, 0.6) is 5.75 Å². The van der Waals surface area contributed by atoms with E-state index in [2.05, 4.69) is 4.98 Å². The third-order valence-electron chi connectivity index (χ3n) is 4.07. The zero-order valence-corrected chi connectivity index (χ0v) is 16.2. The van der Waals surface area contributed by atoms with Gasteiger partial charge >= 0.3 is 0 Å². The van der Waals surface area contributed by atoms with Crippen LogP contribution in [-0.4, -0.2) is 42.0 Å². The summed E-state index contributed by atoms with van der Waals surface area (Å²) in [7, 11) is -2.55. The number of nitrogens with one attached hydrogen (secondary N) is 1. The summed E-state index contributed by atoms with van der Waals surface area (Å²) in [4.78, 5) is 16.2. The Balaban J connectivity index is 2.53. The van der Waals surface area contributed by atoms with E-state index in [1.165, 1.54) is 31.4 Å². The number of carbonyl (C=O) groups excluding carboxylic acids is 1. The molecule has 0 aliphatic carbocycles. The topological polar surface area (TPSA) is 109 Å².